The summed E-state index contributed by atoms with van der Waals surface area (Å²) in [6.45, 7) is 2.08. The van der Waals surface area contributed by atoms with Crippen molar-refractivity contribution >= 4 is 27.4 Å². The van der Waals surface area contributed by atoms with E-state index in [9.17, 15) is 4.79 Å². The first-order chi connectivity index (χ1) is 9.16. The van der Waals surface area contributed by atoms with E-state index < -0.39 is 5.97 Å². The van der Waals surface area contributed by atoms with E-state index >= 15 is 0 Å². The van der Waals surface area contributed by atoms with Gasteiger partial charge in [0.1, 0.15) is 0 Å². The molecule has 3 aromatic rings. The molecule has 1 aromatic heterocycles. The van der Waals surface area contributed by atoms with Crippen LogP contribution in [0.5, 0.6) is 0 Å². The number of fused-ring (bicyclic) bond motifs is 1. The molecule has 0 spiro atoms. The molecule has 0 bridgehead atoms. The van der Waals surface area contributed by atoms with Crippen molar-refractivity contribution in [2.45, 2.75) is 6.92 Å². The van der Waals surface area contributed by atoms with Gasteiger partial charge in [-0.25, -0.2) is 4.79 Å². The molecule has 19 heavy (non-hydrogen) atoms. The van der Waals surface area contributed by atoms with E-state index in [1.807, 2.05) is 18.2 Å². The molecule has 0 aliphatic rings. The van der Waals surface area contributed by atoms with E-state index in [0.717, 1.165) is 10.4 Å². The standard InChI is InChI=1S/C16H12O2S/c1-10-13-7-2-3-8-14(13)19-15(10)11-5-4-6-12(9-11)16(17)18/h2-9H,1H3,(H,17,18). The van der Waals surface area contributed by atoms with Gasteiger partial charge in [-0.1, -0.05) is 30.3 Å². The number of aryl methyl sites for hydroxylation is 1. The van der Waals surface area contributed by atoms with Crippen molar-refractivity contribution in [1.82, 2.24) is 0 Å². The van der Waals surface area contributed by atoms with Crippen LogP contribution in [0.25, 0.3) is 20.5 Å². The summed E-state index contributed by atoms with van der Waals surface area (Å²) in [4.78, 5) is 12.2. The molecule has 3 rings (SSSR count). The fourth-order valence-corrected chi connectivity index (χ4v) is 3.45. The van der Waals surface area contributed by atoms with Gasteiger partial charge in [0.15, 0.2) is 0 Å². The number of carboxylic acids is 1. The minimum Gasteiger partial charge on any atom is -0.478 e. The summed E-state index contributed by atoms with van der Waals surface area (Å²) in [6, 6.07) is 15.4. The lowest BCUT2D eigenvalue weighted by molar-refractivity contribution is 0.0697. The molecule has 1 heterocycles. The highest BCUT2D eigenvalue weighted by atomic mass is 32.1. The summed E-state index contributed by atoms with van der Waals surface area (Å²) >= 11 is 1.70. The molecule has 0 aliphatic carbocycles. The molecule has 2 aromatic carbocycles. The number of rotatable bonds is 2. The van der Waals surface area contributed by atoms with Crippen LogP contribution in [0.1, 0.15) is 15.9 Å². The Morgan fingerprint density at radius 3 is 2.63 bits per heavy atom. The van der Waals surface area contributed by atoms with Gasteiger partial charge in [-0.2, -0.15) is 0 Å². The van der Waals surface area contributed by atoms with Crippen LogP contribution < -0.4 is 0 Å². The zero-order valence-corrected chi connectivity index (χ0v) is 11.2. The molecule has 0 saturated carbocycles. The van der Waals surface area contributed by atoms with Crippen molar-refractivity contribution in [1.29, 1.82) is 0 Å². The molecule has 2 nitrogen and oxygen atoms in total. The highest BCUT2D eigenvalue weighted by Crippen LogP contribution is 2.38. The Balaban J connectivity index is 2.21. The molecular weight excluding hydrogens is 256 g/mol. The quantitative estimate of drug-likeness (QED) is 0.739. The normalized spacial score (nSPS) is 10.8. The predicted molar refractivity (Wildman–Crippen MR) is 79.0 cm³/mol. The van der Waals surface area contributed by atoms with Crippen LogP contribution in [0, 0.1) is 6.92 Å². The molecule has 0 amide bonds. The number of carboxylic acid groups (broad SMARTS) is 1. The molecular formula is C16H12O2S. The Bertz CT molecular complexity index is 771. The first kappa shape index (κ1) is 11.9. The van der Waals surface area contributed by atoms with Gasteiger partial charge in [0.2, 0.25) is 0 Å². The average Bonchev–Trinajstić information content (AvgIpc) is 2.77. The highest BCUT2D eigenvalue weighted by Gasteiger charge is 2.11. The Morgan fingerprint density at radius 1 is 1.11 bits per heavy atom. The second-order valence-corrected chi connectivity index (χ2v) is 5.49. The number of aromatic carboxylic acids is 1. The largest absolute Gasteiger partial charge is 0.478 e. The maximum absolute atomic E-state index is 11.0. The number of thiophene rings is 1. The lowest BCUT2D eigenvalue weighted by Crippen LogP contribution is -1.95. The number of hydrogen-bond donors (Lipinski definition) is 1. The van der Waals surface area contributed by atoms with Crippen molar-refractivity contribution in [2.24, 2.45) is 0 Å². The number of carbonyl (C=O) groups is 1. The third-order valence-corrected chi connectivity index (χ3v) is 4.54. The summed E-state index contributed by atoms with van der Waals surface area (Å²) in [6.07, 6.45) is 0. The molecule has 0 radical (unpaired) electrons. The minimum atomic E-state index is -0.888. The lowest BCUT2D eigenvalue weighted by Gasteiger charge is -2.01. The average molecular weight is 268 g/mol. The van der Waals surface area contributed by atoms with Gasteiger partial charge in [0, 0.05) is 9.58 Å². The van der Waals surface area contributed by atoms with E-state index in [1.165, 1.54) is 15.6 Å². The third kappa shape index (κ3) is 2.02. The van der Waals surface area contributed by atoms with Crippen LogP contribution >= 0.6 is 11.3 Å². The lowest BCUT2D eigenvalue weighted by atomic mass is 10.1. The third-order valence-electron chi connectivity index (χ3n) is 3.22. The van der Waals surface area contributed by atoms with Crippen LogP contribution in [0.4, 0.5) is 0 Å². The van der Waals surface area contributed by atoms with Gasteiger partial charge in [0.05, 0.1) is 5.56 Å². The minimum absolute atomic E-state index is 0.328. The van der Waals surface area contributed by atoms with Crippen LogP contribution in [-0.2, 0) is 0 Å². The van der Waals surface area contributed by atoms with Crippen molar-refractivity contribution < 1.29 is 9.90 Å². The van der Waals surface area contributed by atoms with E-state index in [-0.39, 0.29) is 0 Å². The van der Waals surface area contributed by atoms with Crippen LogP contribution in [0.15, 0.2) is 48.5 Å². The van der Waals surface area contributed by atoms with Gasteiger partial charge in [-0.3, -0.25) is 0 Å². The van der Waals surface area contributed by atoms with Crippen molar-refractivity contribution in [2.75, 3.05) is 0 Å². The van der Waals surface area contributed by atoms with Gasteiger partial charge < -0.3 is 5.11 Å². The predicted octanol–water partition coefficient (Wildman–Crippen LogP) is 4.57. The monoisotopic (exact) mass is 268 g/mol. The van der Waals surface area contributed by atoms with Gasteiger partial charge in [0.25, 0.3) is 0 Å². The van der Waals surface area contributed by atoms with Crippen LogP contribution in [0.3, 0.4) is 0 Å². The van der Waals surface area contributed by atoms with Crippen LogP contribution in [0.2, 0.25) is 0 Å². The molecule has 94 valence electrons. The van der Waals surface area contributed by atoms with Crippen molar-refractivity contribution in [3.8, 4) is 10.4 Å². The highest BCUT2D eigenvalue weighted by molar-refractivity contribution is 7.22. The molecule has 0 saturated heterocycles. The maximum Gasteiger partial charge on any atom is 0.335 e. The Labute approximate surface area is 114 Å². The smallest absolute Gasteiger partial charge is 0.335 e. The number of benzene rings is 2. The van der Waals surface area contributed by atoms with Gasteiger partial charge >= 0.3 is 5.97 Å². The Kier molecular flexibility index (Phi) is 2.84. The molecule has 1 N–H and O–H groups in total. The first-order valence-electron chi connectivity index (χ1n) is 5.98. The van der Waals surface area contributed by atoms with E-state index in [0.29, 0.717) is 5.56 Å². The zero-order chi connectivity index (χ0) is 13.4. The van der Waals surface area contributed by atoms with E-state index in [1.54, 1.807) is 29.5 Å². The fourth-order valence-electron chi connectivity index (χ4n) is 2.24. The molecule has 0 atom stereocenters. The summed E-state index contributed by atoms with van der Waals surface area (Å²) in [5, 5.41) is 10.3. The summed E-state index contributed by atoms with van der Waals surface area (Å²) in [7, 11) is 0. The number of hydrogen-bond acceptors (Lipinski definition) is 2. The first-order valence-corrected chi connectivity index (χ1v) is 6.80. The van der Waals surface area contributed by atoms with Gasteiger partial charge in [-0.05, 0) is 41.6 Å². The van der Waals surface area contributed by atoms with Crippen molar-refractivity contribution in [3.63, 3.8) is 0 Å². The molecule has 0 unspecified atom stereocenters. The zero-order valence-electron chi connectivity index (χ0n) is 10.4. The Hall–Kier alpha value is -2.13. The summed E-state index contributed by atoms with van der Waals surface area (Å²) < 4.78 is 1.23. The summed E-state index contributed by atoms with van der Waals surface area (Å²) in [5.41, 5.74) is 2.51. The van der Waals surface area contributed by atoms with Crippen LogP contribution in [-0.4, -0.2) is 11.1 Å². The Morgan fingerprint density at radius 2 is 1.89 bits per heavy atom. The maximum atomic E-state index is 11.0. The molecule has 0 aliphatic heterocycles. The second-order valence-electron chi connectivity index (χ2n) is 4.44. The SMILES string of the molecule is Cc1c(-c2cccc(C(=O)O)c2)sc2ccccc12. The molecule has 3 heteroatoms. The van der Waals surface area contributed by atoms with E-state index in [4.69, 9.17) is 5.11 Å². The second kappa shape index (κ2) is 4.52. The molecule has 0 fully saturated rings. The topological polar surface area (TPSA) is 37.3 Å². The van der Waals surface area contributed by atoms with Crippen molar-refractivity contribution in [3.05, 3.63) is 59.7 Å². The fraction of sp³-hybridized carbons (Fsp3) is 0.0625. The summed E-state index contributed by atoms with van der Waals surface area (Å²) in [5.74, 6) is -0.888. The van der Waals surface area contributed by atoms with E-state index in [2.05, 4.69) is 19.1 Å². The van der Waals surface area contributed by atoms with Gasteiger partial charge in [-0.15, -0.1) is 11.3 Å².